The van der Waals surface area contributed by atoms with E-state index < -0.39 is 0 Å². The zero-order valence-electron chi connectivity index (χ0n) is 13.6. The lowest BCUT2D eigenvalue weighted by molar-refractivity contribution is 0.306. The smallest absolute Gasteiger partial charge is 0.165 e. The van der Waals surface area contributed by atoms with Crippen LogP contribution >= 0.6 is 15.9 Å². The maximum absolute atomic E-state index is 5.76. The van der Waals surface area contributed by atoms with Gasteiger partial charge in [0.1, 0.15) is 0 Å². The van der Waals surface area contributed by atoms with Crippen molar-refractivity contribution in [3.8, 4) is 11.5 Å². The molecule has 1 aliphatic rings. The Labute approximate surface area is 142 Å². The average molecular weight is 368 g/mol. The van der Waals surface area contributed by atoms with E-state index in [4.69, 9.17) is 9.47 Å². The zero-order chi connectivity index (χ0) is 15.8. The second kappa shape index (κ2) is 9.21. The van der Waals surface area contributed by atoms with Crippen molar-refractivity contribution < 1.29 is 9.47 Å². The Morgan fingerprint density at radius 3 is 2.82 bits per heavy atom. The Kier molecular flexibility index (Phi) is 7.26. The molecule has 22 heavy (non-hydrogen) atoms. The van der Waals surface area contributed by atoms with E-state index >= 15 is 0 Å². The molecule has 0 unspecified atom stereocenters. The molecule has 0 bridgehead atoms. The fourth-order valence-electron chi connectivity index (χ4n) is 2.82. The van der Waals surface area contributed by atoms with Gasteiger partial charge in [-0.3, -0.25) is 0 Å². The van der Waals surface area contributed by atoms with Crippen LogP contribution in [-0.2, 0) is 6.54 Å². The molecule has 0 amide bonds. The quantitative estimate of drug-likeness (QED) is 0.526. The molecule has 3 nitrogen and oxygen atoms in total. The number of methoxy groups -OCH3 is 1. The minimum Gasteiger partial charge on any atom is -0.493 e. The minimum absolute atomic E-state index is 0.637. The lowest BCUT2D eigenvalue weighted by Gasteiger charge is -2.16. The first-order valence-corrected chi connectivity index (χ1v) is 8.91. The molecule has 0 atom stereocenters. The summed E-state index contributed by atoms with van der Waals surface area (Å²) in [7, 11) is 1.68. The third-order valence-electron chi connectivity index (χ3n) is 3.93. The average Bonchev–Trinajstić information content (AvgIpc) is 2.54. The molecule has 0 spiro atoms. The van der Waals surface area contributed by atoms with Crippen LogP contribution in [0.1, 0.15) is 44.6 Å². The van der Waals surface area contributed by atoms with E-state index in [0.29, 0.717) is 6.61 Å². The molecule has 0 aromatic heterocycles. The van der Waals surface area contributed by atoms with E-state index in [1.807, 2.05) is 13.0 Å². The van der Waals surface area contributed by atoms with Gasteiger partial charge in [-0.1, -0.05) is 27.6 Å². The molecule has 122 valence electrons. The van der Waals surface area contributed by atoms with Crippen LogP contribution in [0.3, 0.4) is 0 Å². The first kappa shape index (κ1) is 17.4. The van der Waals surface area contributed by atoms with Gasteiger partial charge in [-0.2, -0.15) is 0 Å². The molecule has 0 heterocycles. The topological polar surface area (TPSA) is 30.5 Å². The van der Waals surface area contributed by atoms with Crippen LogP contribution in [0.4, 0.5) is 0 Å². The highest BCUT2D eigenvalue weighted by Gasteiger charge is 2.12. The van der Waals surface area contributed by atoms with E-state index in [-0.39, 0.29) is 0 Å². The van der Waals surface area contributed by atoms with Crippen molar-refractivity contribution in [2.45, 2.75) is 45.6 Å². The van der Waals surface area contributed by atoms with Crippen LogP contribution in [0.2, 0.25) is 0 Å². The van der Waals surface area contributed by atoms with Crippen LogP contribution < -0.4 is 14.8 Å². The maximum atomic E-state index is 5.76. The number of halogens is 1. The van der Waals surface area contributed by atoms with Crippen LogP contribution in [0.25, 0.3) is 0 Å². The molecule has 0 radical (unpaired) electrons. The summed E-state index contributed by atoms with van der Waals surface area (Å²) >= 11 is 3.54. The standard InChI is InChI=1S/C18H26BrNO2/c1-3-22-18-15(11-16(19)12-17(18)21-2)13-20-10-9-14-7-5-4-6-8-14/h7,11-12,20H,3-6,8-10,13H2,1-2H3. The summed E-state index contributed by atoms with van der Waals surface area (Å²) < 4.78 is 12.2. The van der Waals surface area contributed by atoms with Crippen molar-refractivity contribution in [1.82, 2.24) is 5.32 Å². The fraction of sp³-hybridized carbons (Fsp3) is 0.556. The predicted molar refractivity (Wildman–Crippen MR) is 94.7 cm³/mol. The van der Waals surface area contributed by atoms with Crippen LogP contribution in [0, 0.1) is 0 Å². The summed E-state index contributed by atoms with van der Waals surface area (Å²) in [4.78, 5) is 0. The molecular weight excluding hydrogens is 342 g/mol. The van der Waals surface area contributed by atoms with E-state index in [0.717, 1.165) is 41.0 Å². The number of hydrogen-bond donors (Lipinski definition) is 1. The van der Waals surface area contributed by atoms with Gasteiger partial charge < -0.3 is 14.8 Å². The summed E-state index contributed by atoms with van der Waals surface area (Å²) in [6.07, 6.45) is 8.80. The zero-order valence-corrected chi connectivity index (χ0v) is 15.2. The molecule has 0 saturated carbocycles. The van der Waals surface area contributed by atoms with E-state index in [9.17, 15) is 0 Å². The molecule has 1 aromatic carbocycles. The van der Waals surface area contributed by atoms with Gasteiger partial charge >= 0.3 is 0 Å². The van der Waals surface area contributed by atoms with Crippen molar-refractivity contribution in [3.63, 3.8) is 0 Å². The number of ether oxygens (including phenoxy) is 2. The number of rotatable bonds is 8. The van der Waals surface area contributed by atoms with Gasteiger partial charge in [0.15, 0.2) is 11.5 Å². The van der Waals surface area contributed by atoms with Crippen molar-refractivity contribution in [3.05, 3.63) is 33.8 Å². The highest BCUT2D eigenvalue weighted by molar-refractivity contribution is 9.10. The Morgan fingerprint density at radius 2 is 2.14 bits per heavy atom. The molecular formula is C18H26BrNO2. The molecule has 1 aliphatic carbocycles. The fourth-order valence-corrected chi connectivity index (χ4v) is 3.30. The third-order valence-corrected chi connectivity index (χ3v) is 4.39. The molecule has 1 aromatic rings. The van der Waals surface area contributed by atoms with Crippen molar-refractivity contribution in [2.24, 2.45) is 0 Å². The summed E-state index contributed by atoms with van der Waals surface area (Å²) in [6.45, 7) is 4.43. The molecule has 1 N–H and O–H groups in total. The maximum Gasteiger partial charge on any atom is 0.165 e. The van der Waals surface area contributed by atoms with E-state index in [1.54, 1.807) is 12.7 Å². The summed E-state index contributed by atoms with van der Waals surface area (Å²) in [5.74, 6) is 1.63. The number of benzene rings is 1. The van der Waals surface area contributed by atoms with Crippen LogP contribution in [-0.4, -0.2) is 20.3 Å². The Morgan fingerprint density at radius 1 is 1.27 bits per heavy atom. The molecule has 2 rings (SSSR count). The Balaban J connectivity index is 1.93. The highest BCUT2D eigenvalue weighted by Crippen LogP contribution is 2.34. The summed E-state index contributed by atoms with van der Waals surface area (Å²) in [5.41, 5.74) is 2.74. The number of nitrogens with one attached hydrogen (secondary N) is 1. The monoisotopic (exact) mass is 367 g/mol. The van der Waals surface area contributed by atoms with Gasteiger partial charge in [0.2, 0.25) is 0 Å². The minimum atomic E-state index is 0.637. The Hall–Kier alpha value is -1.00. The summed E-state index contributed by atoms with van der Waals surface area (Å²) in [6, 6.07) is 4.04. The highest BCUT2D eigenvalue weighted by atomic mass is 79.9. The second-order valence-electron chi connectivity index (χ2n) is 5.56. The van der Waals surface area contributed by atoms with Gasteiger partial charge in [-0.05, 0) is 57.7 Å². The van der Waals surface area contributed by atoms with E-state index in [1.165, 1.54) is 25.7 Å². The van der Waals surface area contributed by atoms with Gasteiger partial charge in [0.05, 0.1) is 13.7 Å². The van der Waals surface area contributed by atoms with Crippen LogP contribution in [0.15, 0.2) is 28.3 Å². The number of allylic oxidation sites excluding steroid dienone is 1. The molecule has 4 heteroatoms. The lowest BCUT2D eigenvalue weighted by Crippen LogP contribution is -2.16. The third kappa shape index (κ3) is 5.03. The normalized spacial score (nSPS) is 14.6. The predicted octanol–water partition coefficient (Wildman–Crippen LogP) is 4.84. The van der Waals surface area contributed by atoms with E-state index in [2.05, 4.69) is 33.4 Å². The summed E-state index contributed by atoms with van der Waals surface area (Å²) in [5, 5.41) is 3.53. The van der Waals surface area contributed by atoms with Crippen molar-refractivity contribution in [2.75, 3.05) is 20.3 Å². The Bertz CT molecular complexity index is 514. The largest absolute Gasteiger partial charge is 0.493 e. The lowest BCUT2D eigenvalue weighted by atomic mass is 9.97. The molecule has 0 saturated heterocycles. The van der Waals surface area contributed by atoms with Gasteiger partial charge in [-0.25, -0.2) is 0 Å². The number of hydrogen-bond acceptors (Lipinski definition) is 3. The van der Waals surface area contributed by atoms with Crippen molar-refractivity contribution in [1.29, 1.82) is 0 Å². The molecule has 0 aliphatic heterocycles. The first-order valence-electron chi connectivity index (χ1n) is 8.12. The van der Waals surface area contributed by atoms with Gasteiger partial charge in [0.25, 0.3) is 0 Å². The first-order chi connectivity index (χ1) is 10.7. The van der Waals surface area contributed by atoms with Gasteiger partial charge in [-0.15, -0.1) is 0 Å². The molecule has 0 fully saturated rings. The SMILES string of the molecule is CCOc1c(CNCCC2=CCCCC2)cc(Br)cc1OC. The van der Waals surface area contributed by atoms with Gasteiger partial charge in [0, 0.05) is 16.6 Å². The second-order valence-corrected chi connectivity index (χ2v) is 6.48. The van der Waals surface area contributed by atoms with Crippen LogP contribution in [0.5, 0.6) is 11.5 Å². The van der Waals surface area contributed by atoms with Crippen molar-refractivity contribution >= 4 is 15.9 Å².